The van der Waals surface area contributed by atoms with Gasteiger partial charge in [0.25, 0.3) is 5.91 Å². The second kappa shape index (κ2) is 10.9. The molecule has 0 N–H and O–H groups in total. The number of rotatable bonds is 9. The van der Waals surface area contributed by atoms with Gasteiger partial charge in [0.1, 0.15) is 0 Å². The highest BCUT2D eigenvalue weighted by Crippen LogP contribution is 2.38. The molecule has 1 aromatic heterocycles. The Hall–Kier alpha value is -3.10. The lowest BCUT2D eigenvalue weighted by Gasteiger charge is -2.21. The van der Waals surface area contributed by atoms with E-state index in [9.17, 15) is 4.79 Å². The normalized spacial score (nSPS) is 15.7. The van der Waals surface area contributed by atoms with Gasteiger partial charge in [-0.15, -0.1) is 0 Å². The molecule has 1 amide bonds. The molecule has 4 rings (SSSR count). The Labute approximate surface area is 203 Å². The topological polar surface area (TPSA) is 70.1 Å². The Morgan fingerprint density at radius 1 is 1.21 bits per heavy atom. The third-order valence-corrected chi connectivity index (χ3v) is 6.93. The summed E-state index contributed by atoms with van der Waals surface area (Å²) in [5.74, 6) is 1.42. The predicted octanol–water partition coefficient (Wildman–Crippen LogP) is 5.11. The number of aryl methyl sites for hydroxylation is 1. The van der Waals surface area contributed by atoms with Gasteiger partial charge in [0.2, 0.25) is 5.75 Å². The van der Waals surface area contributed by atoms with E-state index in [1.807, 2.05) is 6.07 Å². The minimum Gasteiger partial charge on any atom is -0.493 e. The van der Waals surface area contributed by atoms with Crippen molar-refractivity contribution in [3.05, 3.63) is 47.5 Å². The van der Waals surface area contributed by atoms with Crippen LogP contribution in [0.25, 0.3) is 16.3 Å². The number of hydrogen-bond acceptors (Lipinski definition) is 7. The lowest BCUT2D eigenvalue weighted by molar-refractivity contribution is -0.114. The lowest BCUT2D eigenvalue weighted by Crippen LogP contribution is -2.36. The second-order valence-electron chi connectivity index (χ2n) is 7.99. The van der Waals surface area contributed by atoms with Crippen LogP contribution in [0.4, 0.5) is 5.13 Å². The molecule has 2 heterocycles. The Kier molecular flexibility index (Phi) is 7.70. The number of carbonyl (C=O) groups is 1. The SMILES string of the molecule is CCc1cccc2sc(N(CC3CCCO3)C(=O)/C=C/c3cc(OC)c(OC)c(OC)c3)nc12. The van der Waals surface area contributed by atoms with Crippen molar-refractivity contribution >= 4 is 38.7 Å². The molecule has 34 heavy (non-hydrogen) atoms. The number of fused-ring (bicyclic) bond motifs is 1. The van der Waals surface area contributed by atoms with Crippen LogP contribution in [0, 0.1) is 0 Å². The van der Waals surface area contributed by atoms with Crippen LogP contribution in [0.15, 0.2) is 36.4 Å². The fourth-order valence-electron chi connectivity index (χ4n) is 4.10. The van der Waals surface area contributed by atoms with Gasteiger partial charge in [-0.25, -0.2) is 4.98 Å². The summed E-state index contributed by atoms with van der Waals surface area (Å²) in [6.07, 6.45) is 6.15. The zero-order valence-corrected chi connectivity index (χ0v) is 20.8. The first-order valence-electron chi connectivity index (χ1n) is 11.4. The predicted molar refractivity (Wildman–Crippen MR) is 135 cm³/mol. The van der Waals surface area contributed by atoms with E-state index in [-0.39, 0.29) is 12.0 Å². The molecule has 1 fully saturated rings. The molecule has 1 saturated heterocycles. The molecule has 0 radical (unpaired) electrons. The van der Waals surface area contributed by atoms with Gasteiger partial charge in [-0.3, -0.25) is 9.69 Å². The van der Waals surface area contributed by atoms with E-state index in [1.54, 1.807) is 50.5 Å². The van der Waals surface area contributed by atoms with Crippen LogP contribution >= 0.6 is 11.3 Å². The number of amides is 1. The summed E-state index contributed by atoms with van der Waals surface area (Å²) in [7, 11) is 4.69. The molecule has 1 atom stereocenters. The molecule has 2 aromatic carbocycles. The molecule has 0 saturated carbocycles. The van der Waals surface area contributed by atoms with E-state index in [1.165, 1.54) is 16.9 Å². The van der Waals surface area contributed by atoms with Crippen LogP contribution < -0.4 is 19.1 Å². The zero-order valence-electron chi connectivity index (χ0n) is 20.0. The highest BCUT2D eigenvalue weighted by atomic mass is 32.1. The molecule has 0 bridgehead atoms. The summed E-state index contributed by atoms with van der Waals surface area (Å²) in [4.78, 5) is 20.0. The first kappa shape index (κ1) is 24.0. The van der Waals surface area contributed by atoms with E-state index in [2.05, 4.69) is 19.1 Å². The van der Waals surface area contributed by atoms with Crippen LogP contribution in [0.1, 0.15) is 30.9 Å². The number of aromatic nitrogens is 1. The van der Waals surface area contributed by atoms with Crippen LogP contribution in [0.2, 0.25) is 0 Å². The minimum absolute atomic E-state index is 0.0104. The molecule has 180 valence electrons. The first-order chi connectivity index (χ1) is 16.6. The summed E-state index contributed by atoms with van der Waals surface area (Å²) in [6.45, 7) is 3.32. The van der Waals surface area contributed by atoms with Crippen molar-refractivity contribution in [3.63, 3.8) is 0 Å². The van der Waals surface area contributed by atoms with Crippen molar-refractivity contribution in [2.45, 2.75) is 32.3 Å². The van der Waals surface area contributed by atoms with E-state index in [0.29, 0.717) is 28.9 Å². The van der Waals surface area contributed by atoms with Gasteiger partial charge in [-0.2, -0.15) is 0 Å². The van der Waals surface area contributed by atoms with E-state index < -0.39 is 0 Å². The van der Waals surface area contributed by atoms with Crippen molar-refractivity contribution in [1.29, 1.82) is 0 Å². The van der Waals surface area contributed by atoms with E-state index >= 15 is 0 Å². The summed E-state index contributed by atoms with van der Waals surface area (Å²) < 4.78 is 23.2. The van der Waals surface area contributed by atoms with Gasteiger partial charge >= 0.3 is 0 Å². The number of ether oxygens (including phenoxy) is 4. The van der Waals surface area contributed by atoms with Gasteiger partial charge in [0, 0.05) is 12.7 Å². The smallest absolute Gasteiger partial charge is 0.252 e. The number of benzene rings is 2. The number of hydrogen-bond donors (Lipinski definition) is 0. The van der Waals surface area contributed by atoms with Gasteiger partial charge in [0.15, 0.2) is 16.6 Å². The lowest BCUT2D eigenvalue weighted by atomic mass is 10.1. The molecule has 3 aromatic rings. The van der Waals surface area contributed by atoms with Crippen LogP contribution in [0.5, 0.6) is 17.2 Å². The summed E-state index contributed by atoms with van der Waals surface area (Å²) >= 11 is 1.53. The van der Waals surface area contributed by atoms with E-state index in [0.717, 1.165) is 41.6 Å². The third kappa shape index (κ3) is 5.03. The van der Waals surface area contributed by atoms with Crippen molar-refractivity contribution < 1.29 is 23.7 Å². The van der Waals surface area contributed by atoms with Crippen molar-refractivity contribution in [2.24, 2.45) is 0 Å². The number of nitrogens with zero attached hydrogens (tertiary/aromatic N) is 2. The Morgan fingerprint density at radius 3 is 2.59 bits per heavy atom. The standard InChI is InChI=1S/C26H30N2O5S/c1-5-18-8-6-10-22-24(18)27-26(34-22)28(16-19-9-7-13-33-19)23(29)12-11-17-14-20(30-2)25(32-4)21(15-17)31-3/h6,8,10-12,14-15,19H,5,7,9,13,16H2,1-4H3/b12-11+. The van der Waals surface area contributed by atoms with E-state index in [4.69, 9.17) is 23.9 Å². The maximum Gasteiger partial charge on any atom is 0.252 e. The number of carbonyl (C=O) groups excluding carboxylic acids is 1. The second-order valence-corrected chi connectivity index (χ2v) is 9.00. The largest absolute Gasteiger partial charge is 0.493 e. The molecule has 8 heteroatoms. The highest BCUT2D eigenvalue weighted by Gasteiger charge is 2.25. The average Bonchev–Trinajstić information content (AvgIpc) is 3.54. The van der Waals surface area contributed by atoms with Crippen molar-refractivity contribution in [1.82, 2.24) is 4.98 Å². The Bertz CT molecular complexity index is 1160. The van der Waals surface area contributed by atoms with Crippen LogP contribution in [-0.4, -0.2) is 51.5 Å². The Morgan fingerprint density at radius 2 is 1.97 bits per heavy atom. The molecule has 1 aliphatic rings. The monoisotopic (exact) mass is 482 g/mol. The molecular weight excluding hydrogens is 452 g/mol. The molecule has 0 spiro atoms. The fourth-order valence-corrected chi connectivity index (χ4v) is 5.13. The van der Waals surface area contributed by atoms with Gasteiger partial charge in [-0.05, 0) is 54.7 Å². The number of methoxy groups -OCH3 is 3. The third-order valence-electron chi connectivity index (χ3n) is 5.88. The summed E-state index contributed by atoms with van der Waals surface area (Å²) in [5.41, 5.74) is 2.90. The van der Waals surface area contributed by atoms with Gasteiger partial charge in [-0.1, -0.05) is 30.4 Å². The first-order valence-corrected chi connectivity index (χ1v) is 12.2. The summed E-state index contributed by atoms with van der Waals surface area (Å²) in [6, 6.07) is 9.79. The van der Waals surface area contributed by atoms with Crippen LogP contribution in [0.3, 0.4) is 0 Å². The highest BCUT2D eigenvalue weighted by molar-refractivity contribution is 7.22. The maximum absolute atomic E-state index is 13.4. The molecule has 0 aliphatic carbocycles. The Balaban J connectivity index is 1.66. The zero-order chi connectivity index (χ0) is 24.1. The number of thiazole rings is 1. The van der Waals surface area contributed by atoms with Gasteiger partial charge in [0.05, 0.1) is 44.2 Å². The molecular formula is C26H30N2O5S. The van der Waals surface area contributed by atoms with Crippen molar-refractivity contribution in [2.75, 3.05) is 39.4 Å². The molecule has 1 aliphatic heterocycles. The maximum atomic E-state index is 13.4. The van der Waals surface area contributed by atoms with Gasteiger partial charge < -0.3 is 18.9 Å². The molecule has 7 nitrogen and oxygen atoms in total. The molecule has 1 unspecified atom stereocenters. The quantitative estimate of drug-likeness (QED) is 0.395. The van der Waals surface area contributed by atoms with Crippen LogP contribution in [-0.2, 0) is 16.0 Å². The van der Waals surface area contributed by atoms with Crippen molar-refractivity contribution in [3.8, 4) is 17.2 Å². The minimum atomic E-state index is -0.152. The average molecular weight is 483 g/mol. The fraction of sp³-hybridized carbons (Fsp3) is 0.385. The number of para-hydroxylation sites is 1. The summed E-state index contributed by atoms with van der Waals surface area (Å²) in [5, 5.41) is 0.686. The number of anilines is 1.